The molecule has 0 aliphatic carbocycles. The number of hydrogen-bond donors (Lipinski definition) is 1. The molecule has 0 unspecified atom stereocenters. The molecule has 0 bridgehead atoms. The minimum Gasteiger partial charge on any atom is -0.369 e. The van der Waals surface area contributed by atoms with Crippen LogP contribution >= 0.6 is 0 Å². The van der Waals surface area contributed by atoms with E-state index >= 15 is 0 Å². The van der Waals surface area contributed by atoms with Crippen molar-refractivity contribution in [3.63, 3.8) is 0 Å². The summed E-state index contributed by atoms with van der Waals surface area (Å²) in [6.07, 6.45) is 1.92. The van der Waals surface area contributed by atoms with Gasteiger partial charge in [-0.25, -0.2) is 0 Å². The lowest BCUT2D eigenvalue weighted by atomic mass is 10.2. The maximum Gasteiger partial charge on any atom is 0.0562 e. The molecule has 1 aromatic heterocycles. The molecule has 0 atom stereocenters. The van der Waals surface area contributed by atoms with E-state index in [1.165, 1.54) is 5.69 Å². The molecule has 0 saturated carbocycles. The lowest BCUT2D eigenvalue weighted by Crippen LogP contribution is -2.44. The molecular formula is C13H22N4. The Morgan fingerprint density at radius 1 is 1.29 bits per heavy atom. The second-order valence-corrected chi connectivity index (χ2v) is 4.58. The van der Waals surface area contributed by atoms with Gasteiger partial charge in [-0.2, -0.15) is 0 Å². The van der Waals surface area contributed by atoms with Crippen molar-refractivity contribution in [2.75, 3.05) is 44.7 Å². The Bertz CT molecular complexity index is 345. The van der Waals surface area contributed by atoms with E-state index in [2.05, 4.69) is 46.2 Å². The first-order valence-corrected chi connectivity index (χ1v) is 6.38. The summed E-state index contributed by atoms with van der Waals surface area (Å²) < 4.78 is 0. The van der Waals surface area contributed by atoms with E-state index in [4.69, 9.17) is 0 Å². The molecule has 17 heavy (non-hydrogen) atoms. The molecule has 0 spiro atoms. The smallest absolute Gasteiger partial charge is 0.0562 e. The quantitative estimate of drug-likeness (QED) is 0.840. The van der Waals surface area contributed by atoms with Gasteiger partial charge < -0.3 is 15.1 Å². The third kappa shape index (κ3) is 3.41. The van der Waals surface area contributed by atoms with Gasteiger partial charge in [-0.15, -0.1) is 0 Å². The molecule has 4 heteroatoms. The molecule has 2 heterocycles. The van der Waals surface area contributed by atoms with Gasteiger partial charge in [0.05, 0.1) is 5.69 Å². The SMILES string of the molecule is CCNCc1cc(N2CCN(C)CC2)ccn1. The Balaban J connectivity index is 2.00. The second-order valence-electron chi connectivity index (χ2n) is 4.58. The van der Waals surface area contributed by atoms with Crippen LogP contribution in [0.5, 0.6) is 0 Å². The molecule has 1 aliphatic heterocycles. The third-order valence-electron chi connectivity index (χ3n) is 3.22. The summed E-state index contributed by atoms with van der Waals surface area (Å²) in [4.78, 5) is 9.20. The minimum absolute atomic E-state index is 0.859. The summed E-state index contributed by atoms with van der Waals surface area (Å²) in [7, 11) is 2.18. The highest BCUT2D eigenvalue weighted by atomic mass is 15.2. The van der Waals surface area contributed by atoms with E-state index < -0.39 is 0 Å². The fraction of sp³-hybridized carbons (Fsp3) is 0.615. The third-order valence-corrected chi connectivity index (χ3v) is 3.22. The van der Waals surface area contributed by atoms with Gasteiger partial charge in [-0.1, -0.05) is 6.92 Å². The number of nitrogens with zero attached hydrogens (tertiary/aromatic N) is 3. The van der Waals surface area contributed by atoms with Crippen LogP contribution in [-0.4, -0.2) is 49.7 Å². The zero-order valence-corrected chi connectivity index (χ0v) is 10.8. The Kier molecular flexibility index (Phi) is 4.34. The summed E-state index contributed by atoms with van der Waals surface area (Å²) in [5.74, 6) is 0. The zero-order chi connectivity index (χ0) is 12.1. The fourth-order valence-electron chi connectivity index (χ4n) is 2.08. The van der Waals surface area contributed by atoms with Crippen molar-refractivity contribution in [1.82, 2.24) is 15.2 Å². The standard InChI is InChI=1S/C13H22N4/c1-3-14-11-12-10-13(4-5-15-12)17-8-6-16(2)7-9-17/h4-5,10,14H,3,6-9,11H2,1-2H3. The molecular weight excluding hydrogens is 212 g/mol. The van der Waals surface area contributed by atoms with Crippen LogP contribution in [0.25, 0.3) is 0 Å². The first-order valence-electron chi connectivity index (χ1n) is 6.38. The number of hydrogen-bond acceptors (Lipinski definition) is 4. The lowest BCUT2D eigenvalue weighted by Gasteiger charge is -2.34. The Morgan fingerprint density at radius 2 is 2.06 bits per heavy atom. The predicted octanol–water partition coefficient (Wildman–Crippen LogP) is 0.943. The molecule has 1 fully saturated rings. The van der Waals surface area contributed by atoms with Crippen molar-refractivity contribution in [3.05, 3.63) is 24.0 Å². The number of anilines is 1. The second kappa shape index (κ2) is 5.98. The van der Waals surface area contributed by atoms with E-state index in [0.717, 1.165) is 45.0 Å². The van der Waals surface area contributed by atoms with Crippen molar-refractivity contribution >= 4 is 5.69 Å². The largest absolute Gasteiger partial charge is 0.369 e. The Labute approximate surface area is 104 Å². The van der Waals surface area contributed by atoms with Crippen molar-refractivity contribution in [2.45, 2.75) is 13.5 Å². The molecule has 1 aliphatic rings. The molecule has 2 rings (SSSR count). The average Bonchev–Trinajstić information content (AvgIpc) is 2.37. The molecule has 94 valence electrons. The highest BCUT2D eigenvalue weighted by Crippen LogP contribution is 2.16. The van der Waals surface area contributed by atoms with Crippen LogP contribution in [0.15, 0.2) is 18.3 Å². The summed E-state index contributed by atoms with van der Waals surface area (Å²) >= 11 is 0. The van der Waals surface area contributed by atoms with E-state index in [0.29, 0.717) is 0 Å². The van der Waals surface area contributed by atoms with Gasteiger partial charge in [0.15, 0.2) is 0 Å². The van der Waals surface area contributed by atoms with Gasteiger partial charge in [0.25, 0.3) is 0 Å². The van der Waals surface area contributed by atoms with E-state index in [9.17, 15) is 0 Å². The fourth-order valence-corrected chi connectivity index (χ4v) is 2.08. The normalized spacial score (nSPS) is 17.4. The van der Waals surface area contributed by atoms with Crippen molar-refractivity contribution < 1.29 is 0 Å². The number of rotatable bonds is 4. The topological polar surface area (TPSA) is 31.4 Å². The van der Waals surface area contributed by atoms with E-state index in [-0.39, 0.29) is 0 Å². The van der Waals surface area contributed by atoms with Gasteiger partial charge >= 0.3 is 0 Å². The van der Waals surface area contributed by atoms with Crippen LogP contribution in [0.2, 0.25) is 0 Å². The number of nitrogens with one attached hydrogen (secondary N) is 1. The number of likely N-dealkylation sites (N-methyl/N-ethyl adjacent to an activating group) is 1. The van der Waals surface area contributed by atoms with E-state index in [1.807, 2.05) is 6.20 Å². The predicted molar refractivity (Wildman–Crippen MR) is 71.3 cm³/mol. The lowest BCUT2D eigenvalue weighted by molar-refractivity contribution is 0.313. The maximum atomic E-state index is 4.39. The summed E-state index contributed by atoms with van der Waals surface area (Å²) in [5.41, 5.74) is 2.43. The summed E-state index contributed by atoms with van der Waals surface area (Å²) in [6, 6.07) is 4.31. The Hall–Kier alpha value is -1.13. The van der Waals surface area contributed by atoms with Crippen LogP contribution in [0.3, 0.4) is 0 Å². The minimum atomic E-state index is 0.859. The monoisotopic (exact) mass is 234 g/mol. The highest BCUT2D eigenvalue weighted by Gasteiger charge is 2.14. The zero-order valence-electron chi connectivity index (χ0n) is 10.8. The molecule has 0 aromatic carbocycles. The van der Waals surface area contributed by atoms with Crippen LogP contribution < -0.4 is 10.2 Å². The molecule has 1 saturated heterocycles. The molecule has 0 amide bonds. The highest BCUT2D eigenvalue weighted by molar-refractivity contribution is 5.47. The Morgan fingerprint density at radius 3 is 2.76 bits per heavy atom. The number of pyridine rings is 1. The van der Waals surface area contributed by atoms with Gasteiger partial charge in [0.2, 0.25) is 0 Å². The van der Waals surface area contributed by atoms with Crippen LogP contribution in [0, 0.1) is 0 Å². The van der Waals surface area contributed by atoms with Crippen LogP contribution in [0.4, 0.5) is 5.69 Å². The van der Waals surface area contributed by atoms with Crippen molar-refractivity contribution in [2.24, 2.45) is 0 Å². The maximum absolute atomic E-state index is 4.39. The number of aromatic nitrogens is 1. The molecule has 1 aromatic rings. The first kappa shape index (κ1) is 12.3. The van der Waals surface area contributed by atoms with Crippen molar-refractivity contribution in [3.8, 4) is 0 Å². The van der Waals surface area contributed by atoms with Crippen LogP contribution in [-0.2, 0) is 6.54 Å². The summed E-state index contributed by atoms with van der Waals surface area (Å²) in [6.45, 7) is 8.47. The number of piperazine rings is 1. The van der Waals surface area contributed by atoms with E-state index in [1.54, 1.807) is 0 Å². The van der Waals surface area contributed by atoms with Gasteiger partial charge in [-0.3, -0.25) is 4.98 Å². The van der Waals surface area contributed by atoms with Gasteiger partial charge in [0, 0.05) is 44.6 Å². The van der Waals surface area contributed by atoms with Gasteiger partial charge in [-0.05, 0) is 25.7 Å². The van der Waals surface area contributed by atoms with Crippen molar-refractivity contribution in [1.29, 1.82) is 0 Å². The average molecular weight is 234 g/mol. The molecule has 1 N–H and O–H groups in total. The molecule has 4 nitrogen and oxygen atoms in total. The first-order chi connectivity index (χ1) is 8.29. The molecule has 0 radical (unpaired) electrons. The van der Waals surface area contributed by atoms with Gasteiger partial charge in [0.1, 0.15) is 0 Å². The van der Waals surface area contributed by atoms with Crippen LogP contribution in [0.1, 0.15) is 12.6 Å². The summed E-state index contributed by atoms with van der Waals surface area (Å²) in [5, 5.41) is 3.31.